The number of benzene rings is 1. The highest BCUT2D eigenvalue weighted by Crippen LogP contribution is 2.43. The molecule has 2 aliphatic rings. The summed E-state index contributed by atoms with van der Waals surface area (Å²) in [7, 11) is -2.23. The third-order valence-corrected chi connectivity index (χ3v) is 10.5. The first-order valence-corrected chi connectivity index (χ1v) is 13.0. The zero-order valence-electron chi connectivity index (χ0n) is 18.1. The molecule has 2 heterocycles. The maximum Gasteiger partial charge on any atom is 0.358 e. The Balaban J connectivity index is 1.91. The molecular formula is C21H28N4O4Si. The molecule has 0 radical (unpaired) electrons. The predicted octanol–water partition coefficient (Wildman–Crippen LogP) is 4.65. The van der Waals surface area contributed by atoms with Crippen molar-refractivity contribution < 1.29 is 18.8 Å². The molecule has 1 amide bonds. The first-order valence-electron chi connectivity index (χ1n) is 10.1. The zero-order chi connectivity index (χ0) is 22.1. The van der Waals surface area contributed by atoms with Gasteiger partial charge in [0, 0.05) is 11.3 Å². The van der Waals surface area contributed by atoms with Crippen LogP contribution in [0.2, 0.25) is 18.1 Å². The van der Waals surface area contributed by atoms with Crippen molar-refractivity contribution in [2.75, 3.05) is 0 Å². The summed E-state index contributed by atoms with van der Waals surface area (Å²) in [6.07, 6.45) is 1.07. The van der Waals surface area contributed by atoms with E-state index >= 15 is 0 Å². The van der Waals surface area contributed by atoms with Crippen LogP contribution in [0.25, 0.3) is 10.4 Å². The number of allylic oxidation sites excluding steroid dienone is 1. The van der Waals surface area contributed by atoms with Crippen LogP contribution in [-0.4, -0.2) is 37.2 Å². The lowest BCUT2D eigenvalue weighted by molar-refractivity contribution is -0.156. The summed E-state index contributed by atoms with van der Waals surface area (Å²) >= 11 is 0. The highest BCUT2D eigenvalue weighted by molar-refractivity contribution is 6.74. The van der Waals surface area contributed by atoms with Crippen LogP contribution < -0.4 is 0 Å². The fourth-order valence-corrected chi connectivity index (χ4v) is 4.49. The molecule has 0 saturated carbocycles. The Morgan fingerprint density at radius 1 is 1.30 bits per heavy atom. The standard InChI is InChI=1S/C21H28N4O4Si/c1-21(2,3)30(4,5)29-16-12-11-15-17(23-24-22)19(26)25(15)18(16)20(27)28-13-14-9-7-6-8-10-14/h6-10,15,17H,11-13H2,1-5H3/t15-,17-/m1/s1. The van der Waals surface area contributed by atoms with E-state index in [2.05, 4.69) is 43.9 Å². The minimum atomic E-state index is -2.23. The van der Waals surface area contributed by atoms with Gasteiger partial charge in [-0.25, -0.2) is 4.79 Å². The molecule has 3 rings (SSSR count). The number of rotatable bonds is 6. The van der Waals surface area contributed by atoms with Gasteiger partial charge in [0.2, 0.25) is 14.2 Å². The van der Waals surface area contributed by atoms with Gasteiger partial charge in [-0.15, -0.1) is 0 Å². The number of esters is 1. The molecular weight excluding hydrogens is 400 g/mol. The summed E-state index contributed by atoms with van der Waals surface area (Å²) < 4.78 is 12.0. The normalized spacial score (nSPS) is 21.4. The number of nitrogens with zero attached hydrogens (tertiary/aromatic N) is 4. The van der Waals surface area contributed by atoms with Crippen molar-refractivity contribution in [2.24, 2.45) is 5.11 Å². The van der Waals surface area contributed by atoms with Crippen LogP contribution in [0.5, 0.6) is 0 Å². The van der Waals surface area contributed by atoms with Crippen LogP contribution in [0, 0.1) is 0 Å². The quantitative estimate of drug-likeness (QED) is 0.164. The lowest BCUT2D eigenvalue weighted by Gasteiger charge is -2.49. The Hall–Kier alpha value is -2.77. The second-order valence-corrected chi connectivity index (χ2v) is 13.9. The van der Waals surface area contributed by atoms with Crippen LogP contribution in [0.4, 0.5) is 0 Å². The molecule has 1 fully saturated rings. The number of hydrogen-bond acceptors (Lipinski definition) is 5. The second kappa shape index (κ2) is 8.16. The summed E-state index contributed by atoms with van der Waals surface area (Å²) in [5, 5.41) is 3.54. The number of β-lactam (4-membered cyclic amide) rings is 1. The average molecular weight is 429 g/mol. The van der Waals surface area contributed by atoms with Gasteiger partial charge in [-0.2, -0.15) is 0 Å². The van der Waals surface area contributed by atoms with Gasteiger partial charge in [0.25, 0.3) is 0 Å². The minimum absolute atomic E-state index is 0.0670. The summed E-state index contributed by atoms with van der Waals surface area (Å²) in [5.41, 5.74) is 9.76. The molecule has 8 nitrogen and oxygen atoms in total. The molecule has 0 bridgehead atoms. The monoisotopic (exact) mass is 428 g/mol. The minimum Gasteiger partial charge on any atom is -0.545 e. The molecule has 30 heavy (non-hydrogen) atoms. The van der Waals surface area contributed by atoms with Gasteiger partial charge in [-0.3, -0.25) is 9.69 Å². The summed E-state index contributed by atoms with van der Waals surface area (Å²) in [6.45, 7) is 10.6. The number of ether oxygens (including phenoxy) is 1. The van der Waals surface area contributed by atoms with E-state index in [0.717, 1.165) is 5.56 Å². The fraction of sp³-hybridized carbons (Fsp3) is 0.524. The predicted molar refractivity (Wildman–Crippen MR) is 114 cm³/mol. The first-order chi connectivity index (χ1) is 14.1. The van der Waals surface area contributed by atoms with Crippen LogP contribution in [-0.2, 0) is 25.4 Å². The third kappa shape index (κ3) is 4.08. The van der Waals surface area contributed by atoms with Gasteiger partial charge in [-0.05, 0) is 35.6 Å². The van der Waals surface area contributed by atoms with E-state index in [0.29, 0.717) is 18.6 Å². The van der Waals surface area contributed by atoms with E-state index in [1.807, 2.05) is 30.3 Å². The Morgan fingerprint density at radius 2 is 1.97 bits per heavy atom. The molecule has 0 spiro atoms. The number of carbonyl (C=O) groups excluding carboxylic acids is 2. The van der Waals surface area contributed by atoms with Crippen molar-refractivity contribution in [1.82, 2.24) is 4.90 Å². The van der Waals surface area contributed by atoms with Gasteiger partial charge in [0.05, 0.1) is 6.04 Å². The molecule has 0 N–H and O–H groups in total. The van der Waals surface area contributed by atoms with Crippen LogP contribution >= 0.6 is 0 Å². The second-order valence-electron chi connectivity index (χ2n) is 9.16. The van der Waals surface area contributed by atoms with E-state index < -0.39 is 20.3 Å². The summed E-state index contributed by atoms with van der Waals surface area (Å²) in [6, 6.07) is 8.25. The number of amides is 1. The van der Waals surface area contributed by atoms with E-state index in [-0.39, 0.29) is 29.3 Å². The molecule has 9 heteroatoms. The first kappa shape index (κ1) is 21.9. The number of fused-ring (bicyclic) bond motifs is 1. The van der Waals surface area contributed by atoms with Crippen molar-refractivity contribution in [3.8, 4) is 0 Å². The van der Waals surface area contributed by atoms with E-state index in [9.17, 15) is 9.59 Å². The molecule has 1 aromatic carbocycles. The Kier molecular flexibility index (Phi) is 5.96. The van der Waals surface area contributed by atoms with Crippen LogP contribution in [0.15, 0.2) is 46.9 Å². The molecule has 1 aromatic rings. The highest BCUT2D eigenvalue weighted by Gasteiger charge is 2.54. The highest BCUT2D eigenvalue weighted by atomic mass is 28.4. The Bertz CT molecular complexity index is 917. The molecule has 0 unspecified atom stereocenters. The number of hydrogen-bond donors (Lipinski definition) is 0. The van der Waals surface area contributed by atoms with Crippen LogP contribution in [0.1, 0.15) is 39.2 Å². The molecule has 1 saturated heterocycles. The van der Waals surface area contributed by atoms with E-state index in [4.69, 9.17) is 14.7 Å². The summed E-state index contributed by atoms with van der Waals surface area (Å²) in [4.78, 5) is 29.9. The number of carbonyl (C=O) groups is 2. The van der Waals surface area contributed by atoms with E-state index in [1.165, 1.54) is 4.90 Å². The van der Waals surface area contributed by atoms with Gasteiger partial charge in [-0.1, -0.05) is 56.2 Å². The maximum atomic E-state index is 13.1. The Labute approximate surface area is 177 Å². The van der Waals surface area contributed by atoms with Gasteiger partial charge < -0.3 is 9.16 Å². The van der Waals surface area contributed by atoms with Crippen molar-refractivity contribution in [3.63, 3.8) is 0 Å². The molecule has 0 aromatic heterocycles. The zero-order valence-corrected chi connectivity index (χ0v) is 19.1. The topological polar surface area (TPSA) is 105 Å². The SMILES string of the molecule is CC(C)(C)[Si](C)(C)OC1=C(C(=O)OCc2ccccc2)N2C(=O)[C@H](N=[N+]=[N-])[C@H]2CC1. The van der Waals surface area contributed by atoms with Gasteiger partial charge in [0.15, 0.2) is 5.70 Å². The van der Waals surface area contributed by atoms with Gasteiger partial charge >= 0.3 is 5.97 Å². The number of azide groups is 1. The molecule has 0 aliphatic carbocycles. The summed E-state index contributed by atoms with van der Waals surface area (Å²) in [5.74, 6) is -0.478. The van der Waals surface area contributed by atoms with Gasteiger partial charge in [0.1, 0.15) is 18.4 Å². The smallest absolute Gasteiger partial charge is 0.358 e. The van der Waals surface area contributed by atoms with Crippen LogP contribution in [0.3, 0.4) is 0 Å². The van der Waals surface area contributed by atoms with Crippen molar-refractivity contribution in [2.45, 2.75) is 70.4 Å². The maximum absolute atomic E-state index is 13.1. The lowest BCUT2D eigenvalue weighted by atomic mass is 9.86. The lowest BCUT2D eigenvalue weighted by Crippen LogP contribution is -2.65. The molecule has 160 valence electrons. The largest absolute Gasteiger partial charge is 0.545 e. The van der Waals surface area contributed by atoms with E-state index in [1.54, 1.807) is 0 Å². The third-order valence-electron chi connectivity index (χ3n) is 6.13. The fourth-order valence-electron chi connectivity index (χ4n) is 3.37. The average Bonchev–Trinajstić information content (AvgIpc) is 2.69. The van der Waals surface area contributed by atoms with Crippen molar-refractivity contribution in [1.29, 1.82) is 0 Å². The van der Waals surface area contributed by atoms with Crippen molar-refractivity contribution >= 4 is 20.2 Å². The molecule has 2 atom stereocenters. The molecule has 2 aliphatic heterocycles. The Morgan fingerprint density at radius 3 is 2.57 bits per heavy atom. The van der Waals surface area contributed by atoms with Crippen molar-refractivity contribution in [3.05, 3.63) is 57.8 Å².